The third kappa shape index (κ3) is 8.04. The predicted molar refractivity (Wildman–Crippen MR) is 112 cm³/mol. The van der Waals surface area contributed by atoms with Gasteiger partial charge in [-0.3, -0.25) is 4.55 Å². The van der Waals surface area contributed by atoms with Crippen molar-refractivity contribution < 1.29 is 32.7 Å². The summed E-state index contributed by atoms with van der Waals surface area (Å²) in [4.78, 5) is 12.4. The first kappa shape index (κ1) is 25.0. The number of anilines is 4. The Labute approximate surface area is 182 Å². The van der Waals surface area contributed by atoms with Crippen LogP contribution in [-0.4, -0.2) is 64.5 Å². The van der Waals surface area contributed by atoms with Crippen molar-refractivity contribution >= 4 is 45.7 Å². The molecular formula is C15H23N7O7S2. The summed E-state index contributed by atoms with van der Waals surface area (Å²) in [5, 5.41) is 29.6. The van der Waals surface area contributed by atoms with E-state index in [9.17, 15) is 18.1 Å². The number of nitrogens with zero attached hydrogens (tertiary/aromatic N) is 3. The molecule has 0 radical (unpaired) electrons. The second-order valence-corrected chi connectivity index (χ2v) is 8.34. The van der Waals surface area contributed by atoms with Crippen LogP contribution in [0, 0.1) is 5.92 Å². The van der Waals surface area contributed by atoms with E-state index in [-0.39, 0.29) is 36.1 Å². The summed E-state index contributed by atoms with van der Waals surface area (Å²) in [7, 11) is -4.59. The average Bonchev–Trinajstić information content (AvgIpc) is 2.73. The second kappa shape index (κ2) is 11.9. The number of benzene rings is 1. The van der Waals surface area contributed by atoms with E-state index in [2.05, 4.69) is 40.3 Å². The number of aliphatic hydroxyl groups is 1. The number of nitrogens with one attached hydrogen (secondary N) is 3. The number of aromatic nitrogens is 3. The van der Waals surface area contributed by atoms with E-state index in [4.69, 9.17) is 11.0 Å². The van der Waals surface area contributed by atoms with Gasteiger partial charge in [0.1, 0.15) is 4.90 Å². The van der Waals surface area contributed by atoms with E-state index in [1.165, 1.54) is 12.1 Å². The molecule has 0 saturated carbocycles. The minimum Gasteiger partial charge on any atom is -0.396 e. The summed E-state index contributed by atoms with van der Waals surface area (Å²) < 4.78 is 37.4. The number of rotatable bonds is 13. The minimum absolute atomic E-state index is 0.0384. The first-order valence-electron chi connectivity index (χ1n) is 8.85. The Bertz CT molecular complexity index is 965. The summed E-state index contributed by atoms with van der Waals surface area (Å²) in [6, 6.07) is 3.75. The minimum atomic E-state index is -4.59. The maximum absolute atomic E-state index is 11.8. The molecule has 1 unspecified atom stereocenters. The van der Waals surface area contributed by atoms with Crippen molar-refractivity contribution in [2.45, 2.75) is 16.7 Å². The van der Waals surface area contributed by atoms with Crippen molar-refractivity contribution in [1.29, 1.82) is 0 Å². The summed E-state index contributed by atoms with van der Waals surface area (Å²) in [5.41, 5.74) is 5.42. The van der Waals surface area contributed by atoms with Crippen molar-refractivity contribution in [2.24, 2.45) is 11.7 Å². The van der Waals surface area contributed by atoms with Crippen LogP contribution in [0.15, 0.2) is 28.0 Å². The van der Waals surface area contributed by atoms with Crippen LogP contribution in [0.2, 0.25) is 0 Å². The normalized spacial score (nSPS) is 12.4. The van der Waals surface area contributed by atoms with E-state index in [1.54, 1.807) is 0 Å². The largest absolute Gasteiger partial charge is 0.396 e. The van der Waals surface area contributed by atoms with Gasteiger partial charge in [0.05, 0.1) is 17.7 Å². The van der Waals surface area contributed by atoms with Crippen LogP contribution >= 0.6 is 12.0 Å². The maximum atomic E-state index is 11.8. The molecule has 1 aromatic carbocycles. The van der Waals surface area contributed by atoms with Gasteiger partial charge < -0.3 is 26.8 Å². The smallest absolute Gasteiger partial charge is 0.296 e. The van der Waals surface area contributed by atoms with Crippen molar-refractivity contribution in [1.82, 2.24) is 15.0 Å². The molecule has 0 aliphatic carbocycles. The molecule has 0 bridgehead atoms. The predicted octanol–water partition coefficient (Wildman–Crippen LogP) is 0.701. The Morgan fingerprint density at radius 2 is 1.87 bits per heavy atom. The third-order valence-electron chi connectivity index (χ3n) is 3.62. The third-order valence-corrected chi connectivity index (χ3v) is 5.11. The lowest BCUT2D eigenvalue weighted by Crippen LogP contribution is -2.19. The SMILES string of the molecule is CC(CO)CNc1nc(NCCN)nc(Nc2cc(SOOO)ccc2S(=O)(=O)O)n1. The van der Waals surface area contributed by atoms with Crippen LogP contribution in [-0.2, 0) is 19.5 Å². The van der Waals surface area contributed by atoms with Crippen molar-refractivity contribution in [3.05, 3.63) is 18.2 Å². The quantitative estimate of drug-likeness (QED) is 0.0914. The number of nitrogens with two attached hydrogens (primary N) is 1. The zero-order valence-corrected chi connectivity index (χ0v) is 18.0. The van der Waals surface area contributed by atoms with Gasteiger partial charge in [-0.15, -0.1) is 4.33 Å². The van der Waals surface area contributed by atoms with E-state index >= 15 is 0 Å². The zero-order chi connectivity index (χ0) is 22.9. The monoisotopic (exact) mass is 477 g/mol. The number of hydrogen-bond acceptors (Lipinski definition) is 14. The van der Waals surface area contributed by atoms with Crippen molar-refractivity contribution in [3.63, 3.8) is 0 Å². The molecule has 0 aliphatic heterocycles. The lowest BCUT2D eigenvalue weighted by atomic mass is 10.2. The van der Waals surface area contributed by atoms with Gasteiger partial charge in [-0.25, -0.2) is 5.26 Å². The highest BCUT2D eigenvalue weighted by molar-refractivity contribution is 7.94. The van der Waals surface area contributed by atoms with E-state index in [0.29, 0.717) is 36.6 Å². The fraction of sp³-hybridized carbons (Fsp3) is 0.400. The summed E-state index contributed by atoms with van der Waals surface area (Å²) in [6.07, 6.45) is 0. The summed E-state index contributed by atoms with van der Waals surface area (Å²) in [6.45, 7) is 2.84. The summed E-state index contributed by atoms with van der Waals surface area (Å²) in [5.74, 6) is 0.216. The Kier molecular flexibility index (Phi) is 9.59. The highest BCUT2D eigenvalue weighted by Gasteiger charge is 2.18. The molecule has 16 heteroatoms. The molecule has 8 N–H and O–H groups in total. The van der Waals surface area contributed by atoms with Gasteiger partial charge in [-0.2, -0.15) is 23.4 Å². The van der Waals surface area contributed by atoms with Gasteiger partial charge in [-0.1, -0.05) is 12.0 Å². The molecule has 0 spiro atoms. The van der Waals surface area contributed by atoms with Gasteiger partial charge in [0.2, 0.25) is 17.8 Å². The zero-order valence-electron chi connectivity index (χ0n) is 16.3. The van der Waals surface area contributed by atoms with Crippen LogP contribution in [0.3, 0.4) is 0 Å². The molecule has 2 rings (SSSR count). The molecule has 2 aromatic rings. The van der Waals surface area contributed by atoms with Gasteiger partial charge in [0.15, 0.2) is 0 Å². The topological polar surface area (TPSA) is 214 Å². The Hall–Kier alpha value is -2.31. The lowest BCUT2D eigenvalue weighted by Gasteiger charge is -2.14. The molecule has 172 valence electrons. The molecule has 1 heterocycles. The maximum Gasteiger partial charge on any atom is 0.296 e. The van der Waals surface area contributed by atoms with Crippen LogP contribution in [0.1, 0.15) is 6.92 Å². The van der Waals surface area contributed by atoms with Gasteiger partial charge in [0, 0.05) is 31.1 Å². The fourth-order valence-corrected chi connectivity index (χ4v) is 3.19. The first-order valence-corrected chi connectivity index (χ1v) is 11.0. The molecule has 0 amide bonds. The van der Waals surface area contributed by atoms with Crippen LogP contribution < -0.4 is 21.7 Å². The van der Waals surface area contributed by atoms with Crippen molar-refractivity contribution in [2.75, 3.05) is 42.2 Å². The molecule has 0 fully saturated rings. The summed E-state index contributed by atoms with van der Waals surface area (Å²) >= 11 is 0.592. The van der Waals surface area contributed by atoms with Gasteiger partial charge in [-0.05, 0) is 24.1 Å². The molecule has 31 heavy (non-hydrogen) atoms. The number of aliphatic hydroxyl groups excluding tert-OH is 1. The first-order chi connectivity index (χ1) is 14.8. The van der Waals surface area contributed by atoms with E-state index in [0.717, 1.165) is 6.07 Å². The highest BCUT2D eigenvalue weighted by atomic mass is 32.2. The average molecular weight is 478 g/mol. The molecule has 0 saturated heterocycles. The molecule has 1 atom stereocenters. The molecule has 0 aliphatic rings. The molecule has 14 nitrogen and oxygen atoms in total. The van der Waals surface area contributed by atoms with Crippen LogP contribution in [0.5, 0.6) is 0 Å². The van der Waals surface area contributed by atoms with Crippen LogP contribution in [0.4, 0.5) is 23.5 Å². The van der Waals surface area contributed by atoms with E-state index in [1.807, 2.05) is 6.92 Å². The van der Waals surface area contributed by atoms with Gasteiger partial charge in [0.25, 0.3) is 10.1 Å². The van der Waals surface area contributed by atoms with E-state index < -0.39 is 15.0 Å². The van der Waals surface area contributed by atoms with Crippen molar-refractivity contribution in [3.8, 4) is 0 Å². The molecular weight excluding hydrogens is 454 g/mol. The van der Waals surface area contributed by atoms with Crippen LogP contribution in [0.25, 0.3) is 0 Å². The Balaban J connectivity index is 2.39. The lowest BCUT2D eigenvalue weighted by molar-refractivity contribution is -0.432. The fourth-order valence-electron chi connectivity index (χ4n) is 2.16. The Morgan fingerprint density at radius 3 is 2.48 bits per heavy atom. The standard InChI is InChI=1S/C15H23N7O7S2/c1-9(8-23)7-18-14-20-13(17-5-4-16)21-15(22-14)19-11-6-10(30-29-28-24)2-3-12(11)31(25,26)27/h2-3,6,9,23-24H,4-5,7-8,16H2,1H3,(H,25,26,27)(H3,17,18,19,20,21,22). The number of hydrogen-bond donors (Lipinski definition) is 7. The highest BCUT2D eigenvalue weighted by Crippen LogP contribution is 2.30. The second-order valence-electron chi connectivity index (χ2n) is 6.17. The van der Waals surface area contributed by atoms with Gasteiger partial charge >= 0.3 is 0 Å². The Morgan fingerprint density at radius 1 is 1.19 bits per heavy atom. The molecule has 1 aromatic heterocycles.